The summed E-state index contributed by atoms with van der Waals surface area (Å²) in [6, 6.07) is 6.27. The van der Waals surface area contributed by atoms with Gasteiger partial charge in [-0.1, -0.05) is 24.3 Å². The monoisotopic (exact) mass is 240 g/mol. The van der Waals surface area contributed by atoms with Crippen LogP contribution in [0, 0.1) is 0 Å². The second-order valence-electron chi connectivity index (χ2n) is 4.30. The number of Topliss-reactive ketones (excluding diaryl/α,β-unsaturated/α-hetero) is 4. The lowest BCUT2D eigenvalue weighted by atomic mass is 9.76. The van der Waals surface area contributed by atoms with Crippen molar-refractivity contribution in [1.82, 2.24) is 0 Å². The minimum atomic E-state index is -0.502. The van der Waals surface area contributed by atoms with Gasteiger partial charge >= 0.3 is 0 Å². The van der Waals surface area contributed by atoms with Gasteiger partial charge in [0, 0.05) is 24.0 Å². The third-order valence-electron chi connectivity index (χ3n) is 3.26. The van der Waals surface area contributed by atoms with Crippen molar-refractivity contribution in [2.24, 2.45) is 0 Å². The second-order valence-corrected chi connectivity index (χ2v) is 4.30. The van der Waals surface area contributed by atoms with Gasteiger partial charge in [-0.15, -0.1) is 0 Å². The molecule has 4 nitrogen and oxygen atoms in total. The Hall–Kier alpha value is -2.36. The van der Waals surface area contributed by atoms with Crippen molar-refractivity contribution in [2.75, 3.05) is 0 Å². The van der Waals surface area contributed by atoms with E-state index in [0.29, 0.717) is 0 Å². The molecule has 2 aliphatic rings. The predicted molar refractivity (Wildman–Crippen MR) is 61.4 cm³/mol. The molecule has 1 aromatic rings. The quantitative estimate of drug-likeness (QED) is 0.641. The summed E-state index contributed by atoms with van der Waals surface area (Å²) < 4.78 is 0. The van der Waals surface area contributed by atoms with Crippen LogP contribution in [0.1, 0.15) is 33.6 Å². The van der Waals surface area contributed by atoms with Crippen LogP contribution in [0.2, 0.25) is 0 Å². The molecule has 0 bridgehead atoms. The molecular formula is C14H8O4. The van der Waals surface area contributed by atoms with Gasteiger partial charge in [0.2, 0.25) is 0 Å². The van der Waals surface area contributed by atoms with Crippen molar-refractivity contribution in [2.45, 2.75) is 12.8 Å². The van der Waals surface area contributed by atoms with E-state index < -0.39 is 23.1 Å². The zero-order valence-corrected chi connectivity index (χ0v) is 9.36. The molecule has 1 aromatic carbocycles. The van der Waals surface area contributed by atoms with E-state index in [4.69, 9.17) is 0 Å². The largest absolute Gasteiger partial charge is 0.294 e. The molecule has 0 unspecified atom stereocenters. The highest BCUT2D eigenvalue weighted by Gasteiger charge is 2.40. The van der Waals surface area contributed by atoms with Crippen LogP contribution in [0.4, 0.5) is 0 Å². The van der Waals surface area contributed by atoms with E-state index in [-0.39, 0.29) is 35.1 Å². The Morgan fingerprint density at radius 1 is 0.667 bits per heavy atom. The first-order chi connectivity index (χ1) is 8.61. The summed E-state index contributed by atoms with van der Waals surface area (Å²) in [5, 5.41) is 0. The van der Waals surface area contributed by atoms with Gasteiger partial charge in [0.25, 0.3) is 0 Å². The number of hydrogen-bond donors (Lipinski definition) is 0. The average molecular weight is 240 g/mol. The molecule has 0 aliphatic heterocycles. The molecule has 0 heterocycles. The van der Waals surface area contributed by atoms with E-state index in [2.05, 4.69) is 0 Å². The third kappa shape index (κ3) is 1.26. The van der Waals surface area contributed by atoms with Gasteiger partial charge in [-0.3, -0.25) is 19.2 Å². The highest BCUT2D eigenvalue weighted by atomic mass is 16.2. The van der Waals surface area contributed by atoms with Crippen molar-refractivity contribution >= 4 is 23.1 Å². The molecule has 88 valence electrons. The summed E-state index contributed by atoms with van der Waals surface area (Å²) in [6.07, 6.45) is 0.0255. The minimum absolute atomic E-state index is 0.0128. The molecule has 0 saturated heterocycles. The number of ketones is 4. The standard InChI is InChI=1S/C14H8O4/c15-9-5-6-10(16)12-11(9)13(17)7-3-1-2-4-8(7)14(12)18/h1-4H,5-6H2. The van der Waals surface area contributed by atoms with Gasteiger partial charge in [0.15, 0.2) is 23.1 Å². The lowest BCUT2D eigenvalue weighted by molar-refractivity contribution is -0.122. The van der Waals surface area contributed by atoms with Gasteiger partial charge in [-0.25, -0.2) is 0 Å². The molecule has 0 saturated carbocycles. The van der Waals surface area contributed by atoms with Crippen molar-refractivity contribution in [3.63, 3.8) is 0 Å². The van der Waals surface area contributed by atoms with E-state index in [0.717, 1.165) is 0 Å². The molecular weight excluding hydrogens is 232 g/mol. The third-order valence-corrected chi connectivity index (χ3v) is 3.26. The van der Waals surface area contributed by atoms with Gasteiger partial charge in [0.1, 0.15) is 0 Å². The first kappa shape index (κ1) is 10.8. The molecule has 0 atom stereocenters. The number of carbonyl (C=O) groups is 4. The normalized spacial score (nSPS) is 18.9. The number of hydrogen-bond acceptors (Lipinski definition) is 4. The SMILES string of the molecule is O=C1CCC(=O)C2=C1C(=O)c1ccccc1C2=O. The summed E-state index contributed by atoms with van der Waals surface area (Å²) in [6.45, 7) is 0. The minimum Gasteiger partial charge on any atom is -0.294 e. The van der Waals surface area contributed by atoms with Crippen molar-refractivity contribution in [1.29, 1.82) is 0 Å². The molecule has 0 amide bonds. The van der Waals surface area contributed by atoms with E-state index >= 15 is 0 Å². The number of allylic oxidation sites excluding steroid dienone is 2. The first-order valence-corrected chi connectivity index (χ1v) is 5.60. The van der Waals surface area contributed by atoms with Gasteiger partial charge in [-0.2, -0.15) is 0 Å². The molecule has 0 spiro atoms. The van der Waals surface area contributed by atoms with E-state index in [1.54, 1.807) is 12.1 Å². The van der Waals surface area contributed by atoms with Gasteiger partial charge in [-0.05, 0) is 0 Å². The zero-order chi connectivity index (χ0) is 12.9. The number of carbonyl (C=O) groups excluding carboxylic acids is 4. The lowest BCUT2D eigenvalue weighted by Gasteiger charge is -2.22. The maximum absolute atomic E-state index is 12.2. The Labute approximate surface area is 102 Å². The van der Waals surface area contributed by atoms with Crippen LogP contribution in [0.25, 0.3) is 0 Å². The fraction of sp³-hybridized carbons (Fsp3) is 0.143. The maximum atomic E-state index is 12.2. The Balaban J connectivity index is 2.32. The summed E-state index contributed by atoms with van der Waals surface area (Å²) in [4.78, 5) is 47.9. The predicted octanol–water partition coefficient (Wildman–Crippen LogP) is 1.29. The molecule has 0 fully saturated rings. The Bertz CT molecular complexity index is 607. The summed E-state index contributed by atoms with van der Waals surface area (Å²) in [5.74, 6) is -1.81. The average Bonchev–Trinajstić information content (AvgIpc) is 2.38. The highest BCUT2D eigenvalue weighted by molar-refractivity contribution is 6.44. The van der Waals surface area contributed by atoms with Crippen molar-refractivity contribution in [3.8, 4) is 0 Å². The summed E-state index contributed by atoms with van der Waals surface area (Å²) >= 11 is 0. The molecule has 4 heteroatoms. The lowest BCUT2D eigenvalue weighted by Crippen LogP contribution is -2.33. The number of rotatable bonds is 0. The topological polar surface area (TPSA) is 68.3 Å². The van der Waals surface area contributed by atoms with Crippen LogP contribution in [0.3, 0.4) is 0 Å². The summed E-state index contributed by atoms with van der Waals surface area (Å²) in [5.41, 5.74) is -0.00139. The molecule has 0 aromatic heterocycles. The number of benzene rings is 1. The van der Waals surface area contributed by atoms with Crippen LogP contribution < -0.4 is 0 Å². The molecule has 0 N–H and O–H groups in total. The fourth-order valence-corrected chi connectivity index (χ4v) is 2.38. The maximum Gasteiger partial charge on any atom is 0.198 e. The second kappa shape index (κ2) is 3.57. The van der Waals surface area contributed by atoms with Crippen LogP contribution >= 0.6 is 0 Å². The van der Waals surface area contributed by atoms with E-state index in [9.17, 15) is 19.2 Å². The van der Waals surface area contributed by atoms with Crippen molar-refractivity contribution in [3.05, 3.63) is 46.5 Å². The van der Waals surface area contributed by atoms with Gasteiger partial charge < -0.3 is 0 Å². The van der Waals surface area contributed by atoms with Crippen molar-refractivity contribution < 1.29 is 19.2 Å². The van der Waals surface area contributed by atoms with Crippen LogP contribution in [-0.2, 0) is 9.59 Å². The first-order valence-electron chi connectivity index (χ1n) is 5.60. The zero-order valence-electron chi connectivity index (χ0n) is 9.36. The molecule has 0 radical (unpaired) electrons. The Kier molecular flexibility index (Phi) is 2.13. The van der Waals surface area contributed by atoms with Crippen LogP contribution in [-0.4, -0.2) is 23.1 Å². The molecule has 2 aliphatic carbocycles. The van der Waals surface area contributed by atoms with Crippen LogP contribution in [0.5, 0.6) is 0 Å². The number of fused-ring (bicyclic) bond motifs is 1. The van der Waals surface area contributed by atoms with E-state index in [1.807, 2.05) is 0 Å². The highest BCUT2D eigenvalue weighted by Crippen LogP contribution is 2.31. The smallest absolute Gasteiger partial charge is 0.198 e. The van der Waals surface area contributed by atoms with E-state index in [1.165, 1.54) is 12.1 Å². The Morgan fingerprint density at radius 2 is 1.06 bits per heavy atom. The fourth-order valence-electron chi connectivity index (χ4n) is 2.38. The summed E-state index contributed by atoms with van der Waals surface area (Å²) in [7, 11) is 0. The molecule has 3 rings (SSSR count). The van der Waals surface area contributed by atoms with Crippen LogP contribution in [0.15, 0.2) is 35.4 Å². The Morgan fingerprint density at radius 3 is 1.44 bits per heavy atom. The van der Waals surface area contributed by atoms with Gasteiger partial charge in [0.05, 0.1) is 11.1 Å². The molecule has 18 heavy (non-hydrogen) atoms.